The molecule has 0 fully saturated rings. The summed E-state index contributed by atoms with van der Waals surface area (Å²) < 4.78 is 13.4. The summed E-state index contributed by atoms with van der Waals surface area (Å²) in [4.78, 5) is 49.0. The van der Waals surface area contributed by atoms with Gasteiger partial charge in [-0.15, -0.1) is 0 Å². The maximum absolute atomic E-state index is 13.4. The van der Waals surface area contributed by atoms with Gasteiger partial charge in [-0.25, -0.2) is 4.39 Å². The number of benzene rings is 2. The number of hydrogen-bond acceptors (Lipinski definition) is 5. The second-order valence-corrected chi connectivity index (χ2v) is 5.59. The molecule has 0 spiro atoms. The van der Waals surface area contributed by atoms with Crippen LogP contribution in [-0.2, 0) is 4.79 Å². The van der Waals surface area contributed by atoms with Crippen molar-refractivity contribution in [2.24, 2.45) is 0 Å². The average molecular weight is 357 g/mol. The second-order valence-electron chi connectivity index (χ2n) is 5.59. The Bertz CT molecular complexity index is 959. The van der Waals surface area contributed by atoms with E-state index in [1.807, 2.05) is 0 Å². The number of nitro groups is 1. The molecule has 1 heterocycles. The van der Waals surface area contributed by atoms with Crippen LogP contribution in [0.2, 0.25) is 0 Å². The molecular formula is C17H12FN3O5. The van der Waals surface area contributed by atoms with Crippen molar-refractivity contribution in [2.75, 3.05) is 11.6 Å². The molecule has 2 aromatic carbocycles. The van der Waals surface area contributed by atoms with E-state index in [9.17, 15) is 28.9 Å². The summed E-state index contributed by atoms with van der Waals surface area (Å²) in [6, 6.07) is 8.51. The van der Waals surface area contributed by atoms with Crippen LogP contribution < -0.4 is 4.90 Å². The molecule has 0 aromatic heterocycles. The van der Waals surface area contributed by atoms with Gasteiger partial charge in [0.1, 0.15) is 12.5 Å². The number of anilines is 1. The SMILES string of the molecule is CC(=O)N(CN1C(=O)c2ccc([N+](=O)[O-])cc2C1=O)c1cccc(F)c1. The highest BCUT2D eigenvalue weighted by Gasteiger charge is 2.38. The zero-order valence-corrected chi connectivity index (χ0v) is 13.5. The van der Waals surface area contributed by atoms with Crippen molar-refractivity contribution >= 4 is 29.1 Å². The van der Waals surface area contributed by atoms with Crippen molar-refractivity contribution in [1.29, 1.82) is 0 Å². The van der Waals surface area contributed by atoms with Crippen LogP contribution in [0.3, 0.4) is 0 Å². The third-order valence-electron chi connectivity index (χ3n) is 3.95. The molecule has 132 valence electrons. The van der Waals surface area contributed by atoms with Gasteiger partial charge in [-0.2, -0.15) is 0 Å². The summed E-state index contributed by atoms with van der Waals surface area (Å²) >= 11 is 0. The highest BCUT2D eigenvalue weighted by atomic mass is 19.1. The lowest BCUT2D eigenvalue weighted by atomic mass is 10.1. The standard InChI is InChI=1S/C17H12FN3O5/c1-10(22)19(12-4-2-3-11(18)7-12)9-20-16(23)14-6-5-13(21(25)26)8-15(14)17(20)24/h2-8H,9H2,1H3. The van der Waals surface area contributed by atoms with E-state index in [0.29, 0.717) is 0 Å². The maximum atomic E-state index is 13.4. The van der Waals surface area contributed by atoms with Crippen LogP contribution in [0.5, 0.6) is 0 Å². The van der Waals surface area contributed by atoms with Crippen LogP contribution in [0, 0.1) is 15.9 Å². The van der Waals surface area contributed by atoms with Crippen LogP contribution in [0.1, 0.15) is 27.6 Å². The van der Waals surface area contributed by atoms with Gasteiger partial charge in [-0.05, 0) is 24.3 Å². The predicted molar refractivity (Wildman–Crippen MR) is 88.0 cm³/mol. The Hall–Kier alpha value is -3.62. The topological polar surface area (TPSA) is 101 Å². The van der Waals surface area contributed by atoms with Crippen LogP contribution >= 0.6 is 0 Å². The van der Waals surface area contributed by atoms with E-state index in [1.54, 1.807) is 0 Å². The van der Waals surface area contributed by atoms with Gasteiger partial charge >= 0.3 is 0 Å². The predicted octanol–water partition coefficient (Wildman–Crippen LogP) is 2.34. The summed E-state index contributed by atoms with van der Waals surface area (Å²) in [5.41, 5.74) is -0.226. The highest BCUT2D eigenvalue weighted by Crippen LogP contribution is 2.28. The van der Waals surface area contributed by atoms with Crippen LogP contribution in [0.15, 0.2) is 42.5 Å². The van der Waals surface area contributed by atoms with Crippen LogP contribution in [-0.4, -0.2) is 34.2 Å². The fourth-order valence-electron chi connectivity index (χ4n) is 2.67. The van der Waals surface area contributed by atoms with Crippen molar-refractivity contribution in [3.8, 4) is 0 Å². The number of rotatable bonds is 4. The molecule has 0 saturated heterocycles. The van der Waals surface area contributed by atoms with Gasteiger partial charge in [0.05, 0.1) is 16.1 Å². The molecule has 9 heteroatoms. The van der Waals surface area contributed by atoms with Crippen LogP contribution in [0.4, 0.5) is 15.8 Å². The van der Waals surface area contributed by atoms with E-state index in [4.69, 9.17) is 0 Å². The zero-order valence-electron chi connectivity index (χ0n) is 13.5. The number of carbonyl (C=O) groups excluding carboxylic acids is 3. The first-order valence-electron chi connectivity index (χ1n) is 7.48. The van der Waals surface area contributed by atoms with Gasteiger partial charge < -0.3 is 0 Å². The first-order valence-corrected chi connectivity index (χ1v) is 7.48. The first kappa shape index (κ1) is 17.2. The molecule has 1 aliphatic heterocycles. The zero-order chi connectivity index (χ0) is 19.0. The first-order chi connectivity index (χ1) is 12.3. The number of nitrogens with zero attached hydrogens (tertiary/aromatic N) is 3. The summed E-state index contributed by atoms with van der Waals surface area (Å²) in [6.07, 6.45) is 0. The number of halogens is 1. The highest BCUT2D eigenvalue weighted by molar-refractivity contribution is 6.22. The molecule has 0 unspecified atom stereocenters. The maximum Gasteiger partial charge on any atom is 0.270 e. The molecule has 3 amide bonds. The third-order valence-corrected chi connectivity index (χ3v) is 3.95. The summed E-state index contributed by atoms with van der Waals surface area (Å²) in [7, 11) is 0. The molecule has 0 atom stereocenters. The Balaban J connectivity index is 1.94. The normalized spacial score (nSPS) is 12.9. The minimum absolute atomic E-state index is 0.0170. The lowest BCUT2D eigenvalue weighted by Gasteiger charge is -2.25. The lowest BCUT2D eigenvalue weighted by Crippen LogP contribution is -2.43. The van der Waals surface area contributed by atoms with Gasteiger partial charge in [-0.3, -0.25) is 34.3 Å². The number of hydrogen-bond donors (Lipinski definition) is 0. The van der Waals surface area contributed by atoms with Gasteiger partial charge in [-0.1, -0.05) is 6.07 Å². The molecule has 2 aromatic rings. The fourth-order valence-corrected chi connectivity index (χ4v) is 2.67. The van der Waals surface area contributed by atoms with E-state index in [1.165, 1.54) is 31.2 Å². The molecule has 8 nitrogen and oxygen atoms in total. The van der Waals surface area contributed by atoms with E-state index in [-0.39, 0.29) is 22.5 Å². The Morgan fingerprint density at radius 2 is 1.85 bits per heavy atom. The smallest absolute Gasteiger partial charge is 0.270 e. The molecule has 0 N–H and O–H groups in total. The minimum atomic E-state index is -0.753. The van der Waals surface area contributed by atoms with Gasteiger partial charge in [0.25, 0.3) is 17.5 Å². The Labute approximate surface area is 146 Å². The van der Waals surface area contributed by atoms with Crippen LogP contribution in [0.25, 0.3) is 0 Å². The molecular weight excluding hydrogens is 345 g/mol. The number of fused-ring (bicyclic) bond motifs is 1. The van der Waals surface area contributed by atoms with Crippen molar-refractivity contribution in [3.05, 3.63) is 69.5 Å². The Morgan fingerprint density at radius 3 is 2.46 bits per heavy atom. The molecule has 26 heavy (non-hydrogen) atoms. The number of nitro benzene ring substituents is 1. The second kappa shape index (κ2) is 6.36. The number of carbonyl (C=O) groups is 3. The molecule has 3 rings (SSSR count). The molecule has 0 bridgehead atoms. The van der Waals surface area contributed by atoms with Gasteiger partial charge in [0, 0.05) is 24.7 Å². The lowest BCUT2D eigenvalue weighted by molar-refractivity contribution is -0.384. The number of imide groups is 1. The van der Waals surface area contributed by atoms with E-state index >= 15 is 0 Å². The number of amides is 3. The van der Waals surface area contributed by atoms with Gasteiger partial charge in [0.15, 0.2) is 0 Å². The summed E-state index contributed by atoms with van der Waals surface area (Å²) in [5, 5.41) is 10.9. The van der Waals surface area contributed by atoms with Crippen molar-refractivity contribution in [2.45, 2.75) is 6.92 Å². The van der Waals surface area contributed by atoms with Crippen molar-refractivity contribution < 1.29 is 23.7 Å². The monoisotopic (exact) mass is 357 g/mol. The van der Waals surface area contributed by atoms with E-state index in [2.05, 4.69) is 0 Å². The van der Waals surface area contributed by atoms with E-state index < -0.39 is 35.1 Å². The fraction of sp³-hybridized carbons (Fsp3) is 0.118. The largest absolute Gasteiger partial charge is 0.294 e. The molecule has 0 aliphatic carbocycles. The van der Waals surface area contributed by atoms with Gasteiger partial charge in [0.2, 0.25) is 5.91 Å². The van der Waals surface area contributed by atoms with E-state index in [0.717, 1.165) is 28.0 Å². The molecule has 0 radical (unpaired) electrons. The molecule has 1 aliphatic rings. The minimum Gasteiger partial charge on any atom is -0.294 e. The van der Waals surface area contributed by atoms with Crippen molar-refractivity contribution in [1.82, 2.24) is 4.90 Å². The van der Waals surface area contributed by atoms with Crippen molar-refractivity contribution in [3.63, 3.8) is 0 Å². The Morgan fingerprint density at radius 1 is 1.15 bits per heavy atom. The third kappa shape index (κ3) is 2.90. The number of non-ortho nitro benzene ring substituents is 1. The molecule has 0 saturated carbocycles. The quantitative estimate of drug-likeness (QED) is 0.475. The summed E-state index contributed by atoms with van der Waals surface area (Å²) in [5.74, 6) is -2.51. The summed E-state index contributed by atoms with van der Waals surface area (Å²) in [6.45, 7) is 0.785. The average Bonchev–Trinajstić information content (AvgIpc) is 2.83. The Kier molecular flexibility index (Phi) is 4.21.